The van der Waals surface area contributed by atoms with Crippen LogP contribution in [0.3, 0.4) is 0 Å². The van der Waals surface area contributed by atoms with Crippen LogP contribution in [0.2, 0.25) is 0 Å². The highest BCUT2D eigenvalue weighted by atomic mass is 16.5. The van der Waals surface area contributed by atoms with E-state index in [9.17, 15) is 14.4 Å². The molecule has 0 bridgehead atoms. The van der Waals surface area contributed by atoms with Crippen LogP contribution >= 0.6 is 0 Å². The maximum atomic E-state index is 11.2. The standard InChI is InChI=1S/C8H9N3O4/c12-5-3-7(13)11(4-5)2-1-6-9-8(14)15-10-6/h1-4H2,(H,9,10,14). The van der Waals surface area contributed by atoms with Crippen LogP contribution in [0.15, 0.2) is 9.32 Å². The first-order valence-electron chi connectivity index (χ1n) is 4.49. The van der Waals surface area contributed by atoms with Crippen molar-refractivity contribution in [2.75, 3.05) is 13.1 Å². The summed E-state index contributed by atoms with van der Waals surface area (Å²) in [6.07, 6.45) is 0.361. The van der Waals surface area contributed by atoms with Gasteiger partial charge in [-0.25, -0.2) is 4.79 Å². The lowest BCUT2D eigenvalue weighted by molar-refractivity contribution is -0.127. The minimum atomic E-state index is -0.617. The van der Waals surface area contributed by atoms with Crippen LogP contribution in [0.4, 0.5) is 0 Å². The fraction of sp³-hybridized carbons (Fsp3) is 0.500. The summed E-state index contributed by atoms with van der Waals surface area (Å²) >= 11 is 0. The predicted molar refractivity (Wildman–Crippen MR) is 47.0 cm³/mol. The summed E-state index contributed by atoms with van der Waals surface area (Å²) in [5, 5.41) is 3.45. The number of amides is 1. The first kappa shape index (κ1) is 9.63. The van der Waals surface area contributed by atoms with Gasteiger partial charge < -0.3 is 4.90 Å². The molecule has 1 amide bonds. The number of hydrogen-bond acceptors (Lipinski definition) is 5. The number of carbonyl (C=O) groups is 2. The van der Waals surface area contributed by atoms with Crippen molar-refractivity contribution >= 4 is 11.7 Å². The van der Waals surface area contributed by atoms with Crippen molar-refractivity contribution in [2.24, 2.45) is 0 Å². The van der Waals surface area contributed by atoms with Crippen molar-refractivity contribution in [3.05, 3.63) is 16.4 Å². The number of rotatable bonds is 3. The van der Waals surface area contributed by atoms with Crippen LogP contribution in [0.5, 0.6) is 0 Å². The quantitative estimate of drug-likeness (QED) is 0.627. The number of aromatic nitrogens is 2. The number of ketones is 1. The summed E-state index contributed by atoms with van der Waals surface area (Å²) in [6, 6.07) is 0. The van der Waals surface area contributed by atoms with Gasteiger partial charge in [0.15, 0.2) is 11.6 Å². The summed E-state index contributed by atoms with van der Waals surface area (Å²) in [7, 11) is 0. The molecule has 7 nitrogen and oxygen atoms in total. The fourth-order valence-electron chi connectivity index (χ4n) is 1.45. The second kappa shape index (κ2) is 3.68. The number of likely N-dealkylation sites (tertiary alicyclic amines) is 1. The molecule has 0 spiro atoms. The number of Topliss-reactive ketones (excluding diaryl/α,β-unsaturated/α-hetero) is 1. The first-order valence-corrected chi connectivity index (χ1v) is 4.49. The Balaban J connectivity index is 1.91. The van der Waals surface area contributed by atoms with Gasteiger partial charge in [-0.05, 0) is 0 Å². The second-order valence-electron chi connectivity index (χ2n) is 3.32. The smallest absolute Gasteiger partial charge is 0.335 e. The summed E-state index contributed by atoms with van der Waals surface area (Å²) in [5.41, 5.74) is 0. The lowest BCUT2D eigenvalue weighted by Gasteiger charge is -2.12. The van der Waals surface area contributed by atoms with Gasteiger partial charge in [0.25, 0.3) is 0 Å². The second-order valence-corrected chi connectivity index (χ2v) is 3.32. The predicted octanol–water partition coefficient (Wildman–Crippen LogP) is -1.29. The molecule has 1 aromatic heterocycles. The number of H-pyrrole nitrogens is 1. The number of nitrogens with zero attached hydrogens (tertiary/aromatic N) is 2. The molecule has 1 aliphatic rings. The van der Waals surface area contributed by atoms with Crippen LogP contribution in [-0.2, 0) is 16.0 Å². The molecule has 0 aromatic carbocycles. The van der Waals surface area contributed by atoms with Crippen molar-refractivity contribution in [1.82, 2.24) is 15.0 Å². The number of carbonyl (C=O) groups excluding carboxylic acids is 2. The van der Waals surface area contributed by atoms with Crippen LogP contribution in [-0.4, -0.2) is 39.8 Å². The lowest BCUT2D eigenvalue weighted by Crippen LogP contribution is -2.27. The molecule has 1 fully saturated rings. The molecule has 0 aliphatic carbocycles. The van der Waals surface area contributed by atoms with E-state index in [1.165, 1.54) is 4.90 Å². The average molecular weight is 211 g/mol. The van der Waals surface area contributed by atoms with Crippen molar-refractivity contribution in [3.63, 3.8) is 0 Å². The van der Waals surface area contributed by atoms with Gasteiger partial charge in [0.05, 0.1) is 13.0 Å². The van der Waals surface area contributed by atoms with Gasteiger partial charge in [0.2, 0.25) is 5.91 Å². The van der Waals surface area contributed by atoms with E-state index >= 15 is 0 Å². The summed E-state index contributed by atoms with van der Waals surface area (Å²) in [5.74, 6) is -0.486. The molecule has 0 saturated carbocycles. The highest BCUT2D eigenvalue weighted by molar-refractivity contribution is 6.05. The maximum Gasteiger partial charge on any atom is 0.438 e. The maximum absolute atomic E-state index is 11.2. The van der Waals surface area contributed by atoms with Crippen LogP contribution in [0, 0.1) is 0 Å². The minimum absolute atomic E-state index is 0.0185. The molecule has 0 unspecified atom stereocenters. The van der Waals surface area contributed by atoms with Crippen LogP contribution < -0.4 is 5.76 Å². The molecule has 15 heavy (non-hydrogen) atoms. The SMILES string of the molecule is O=C1CC(=O)N(CCc2noc(=O)[nH]2)C1. The number of aromatic amines is 1. The van der Waals surface area contributed by atoms with Gasteiger partial charge in [0.1, 0.15) is 0 Å². The first-order chi connectivity index (χ1) is 7.15. The van der Waals surface area contributed by atoms with Crippen molar-refractivity contribution < 1.29 is 14.1 Å². The molecular formula is C8H9N3O4. The lowest BCUT2D eigenvalue weighted by atomic mass is 10.3. The van der Waals surface area contributed by atoms with Gasteiger partial charge >= 0.3 is 5.76 Å². The van der Waals surface area contributed by atoms with E-state index in [-0.39, 0.29) is 24.7 Å². The van der Waals surface area contributed by atoms with Gasteiger partial charge in [0, 0.05) is 13.0 Å². The Morgan fingerprint density at radius 3 is 2.73 bits per heavy atom. The molecule has 2 heterocycles. The summed E-state index contributed by atoms with van der Waals surface area (Å²) < 4.78 is 4.30. The zero-order chi connectivity index (χ0) is 10.8. The van der Waals surface area contributed by atoms with E-state index in [1.54, 1.807) is 0 Å². The third-order valence-electron chi connectivity index (χ3n) is 2.17. The van der Waals surface area contributed by atoms with Crippen molar-refractivity contribution in [1.29, 1.82) is 0 Å². The molecule has 7 heteroatoms. The van der Waals surface area contributed by atoms with Gasteiger partial charge in [-0.2, -0.15) is 0 Å². The minimum Gasteiger partial charge on any atom is -0.335 e. The Morgan fingerprint density at radius 1 is 1.40 bits per heavy atom. The molecule has 1 aromatic rings. The number of hydrogen-bond donors (Lipinski definition) is 1. The number of nitrogens with one attached hydrogen (secondary N) is 1. The molecule has 0 atom stereocenters. The van der Waals surface area contributed by atoms with E-state index in [2.05, 4.69) is 14.7 Å². The Morgan fingerprint density at radius 2 is 2.20 bits per heavy atom. The van der Waals surface area contributed by atoms with Crippen molar-refractivity contribution in [2.45, 2.75) is 12.8 Å². The van der Waals surface area contributed by atoms with E-state index in [0.29, 0.717) is 18.8 Å². The molecule has 1 aliphatic heterocycles. The molecule has 80 valence electrons. The van der Waals surface area contributed by atoms with E-state index in [0.717, 1.165) is 0 Å². The zero-order valence-corrected chi connectivity index (χ0v) is 7.86. The molecular weight excluding hydrogens is 202 g/mol. The van der Waals surface area contributed by atoms with Gasteiger partial charge in [-0.15, -0.1) is 0 Å². The summed E-state index contributed by atoms with van der Waals surface area (Å²) in [4.78, 5) is 36.5. The van der Waals surface area contributed by atoms with E-state index in [1.807, 2.05) is 0 Å². The van der Waals surface area contributed by atoms with E-state index in [4.69, 9.17) is 0 Å². The van der Waals surface area contributed by atoms with Gasteiger partial charge in [-0.1, -0.05) is 5.16 Å². The molecule has 1 saturated heterocycles. The normalized spacial score (nSPS) is 16.4. The van der Waals surface area contributed by atoms with Crippen LogP contribution in [0.25, 0.3) is 0 Å². The monoisotopic (exact) mass is 211 g/mol. The molecule has 0 radical (unpaired) electrons. The highest BCUT2D eigenvalue weighted by Gasteiger charge is 2.26. The van der Waals surface area contributed by atoms with Gasteiger partial charge in [-0.3, -0.25) is 19.1 Å². The Labute approximate surface area is 84.0 Å². The zero-order valence-electron chi connectivity index (χ0n) is 7.86. The largest absolute Gasteiger partial charge is 0.438 e. The Hall–Kier alpha value is -1.92. The highest BCUT2D eigenvalue weighted by Crippen LogP contribution is 2.06. The Bertz CT molecular complexity index is 447. The third kappa shape index (κ3) is 2.12. The van der Waals surface area contributed by atoms with Crippen molar-refractivity contribution in [3.8, 4) is 0 Å². The third-order valence-corrected chi connectivity index (χ3v) is 2.17. The Kier molecular flexibility index (Phi) is 2.36. The summed E-state index contributed by atoms with van der Waals surface area (Å²) in [6.45, 7) is 0.522. The fourth-order valence-corrected chi connectivity index (χ4v) is 1.45. The van der Waals surface area contributed by atoms with E-state index < -0.39 is 5.76 Å². The molecule has 1 N–H and O–H groups in total. The topological polar surface area (TPSA) is 96.3 Å². The van der Waals surface area contributed by atoms with Crippen LogP contribution in [0.1, 0.15) is 12.2 Å². The average Bonchev–Trinajstić information content (AvgIpc) is 2.70. The molecule has 2 rings (SSSR count).